The van der Waals surface area contributed by atoms with Gasteiger partial charge in [0.15, 0.2) is 0 Å². The van der Waals surface area contributed by atoms with Crippen molar-refractivity contribution in [2.75, 3.05) is 10.6 Å². The first kappa shape index (κ1) is 22.5. The highest BCUT2D eigenvalue weighted by atomic mass is 32.1. The fourth-order valence-electron chi connectivity index (χ4n) is 2.92. The molecule has 6 heteroatoms. The third-order valence-electron chi connectivity index (χ3n) is 4.44. The van der Waals surface area contributed by atoms with Crippen molar-refractivity contribution >= 4 is 28.7 Å². The van der Waals surface area contributed by atoms with Gasteiger partial charge in [-0.2, -0.15) is 0 Å². The number of aliphatic hydroxyl groups is 1. The van der Waals surface area contributed by atoms with Crippen LogP contribution >= 0.6 is 11.3 Å². The molecule has 0 aliphatic rings. The zero-order chi connectivity index (χ0) is 22.1. The molecule has 2 aromatic carbocycles. The van der Waals surface area contributed by atoms with Gasteiger partial charge in [-0.05, 0) is 55.0 Å². The molecule has 0 spiro atoms. The molecule has 0 saturated heterocycles. The number of aromatic nitrogens is 2. The first-order valence-corrected chi connectivity index (χ1v) is 11.2. The zero-order valence-electron chi connectivity index (χ0n) is 18.0. The van der Waals surface area contributed by atoms with E-state index in [2.05, 4.69) is 44.9 Å². The summed E-state index contributed by atoms with van der Waals surface area (Å²) in [7, 11) is 0. The Hall–Kier alpha value is -3.22. The van der Waals surface area contributed by atoms with Gasteiger partial charge in [0.1, 0.15) is 0 Å². The number of benzene rings is 2. The molecule has 4 rings (SSSR count). The number of hydrogen-bond acceptors (Lipinski definition) is 6. The van der Waals surface area contributed by atoms with Crippen LogP contribution in [0.3, 0.4) is 0 Å². The van der Waals surface area contributed by atoms with Crippen molar-refractivity contribution in [3.05, 3.63) is 89.4 Å². The standard InChI is InChI=1S/C23H22N4OS.C2H6/c1-16(28)17-6-5-9-19(14-17)26-23-24-13-12-21(27-23)22-11-10-20(29-22)15-25-18-7-3-2-4-8-18;1-2/h2-14,16,25,28H,15H2,1H3,(H,24,26,27);1-2H3. The molecule has 0 amide bonds. The Balaban J connectivity index is 0.00000132. The summed E-state index contributed by atoms with van der Waals surface area (Å²) in [5.41, 5.74) is 3.68. The van der Waals surface area contributed by atoms with Crippen molar-refractivity contribution in [1.82, 2.24) is 9.97 Å². The van der Waals surface area contributed by atoms with Crippen LogP contribution in [0.4, 0.5) is 17.3 Å². The topological polar surface area (TPSA) is 70.1 Å². The van der Waals surface area contributed by atoms with E-state index in [1.807, 2.05) is 62.4 Å². The third-order valence-corrected chi connectivity index (χ3v) is 5.54. The maximum atomic E-state index is 9.76. The number of nitrogens with zero attached hydrogens (tertiary/aromatic N) is 2. The second kappa shape index (κ2) is 11.2. The first-order valence-electron chi connectivity index (χ1n) is 10.4. The second-order valence-electron chi connectivity index (χ2n) is 6.68. The van der Waals surface area contributed by atoms with E-state index < -0.39 is 6.10 Å². The van der Waals surface area contributed by atoms with Gasteiger partial charge in [-0.3, -0.25) is 0 Å². The van der Waals surface area contributed by atoms with Crippen LogP contribution in [0, 0.1) is 0 Å². The maximum Gasteiger partial charge on any atom is 0.227 e. The molecule has 4 aromatic rings. The summed E-state index contributed by atoms with van der Waals surface area (Å²) in [6, 6.07) is 23.9. The van der Waals surface area contributed by atoms with E-state index in [0.29, 0.717) is 5.95 Å². The molecule has 3 N–H and O–H groups in total. The number of rotatable bonds is 7. The zero-order valence-corrected chi connectivity index (χ0v) is 18.9. The molecule has 31 heavy (non-hydrogen) atoms. The van der Waals surface area contributed by atoms with Crippen LogP contribution in [0.2, 0.25) is 0 Å². The molecule has 160 valence electrons. The molecule has 2 aromatic heterocycles. The molecule has 0 aliphatic heterocycles. The van der Waals surface area contributed by atoms with Crippen molar-refractivity contribution < 1.29 is 5.11 Å². The number of thiophene rings is 1. The largest absolute Gasteiger partial charge is 0.389 e. The SMILES string of the molecule is CC.CC(O)c1cccc(Nc2nccc(-c3ccc(CNc4ccccc4)s3)n2)c1. The Morgan fingerprint density at radius 3 is 2.48 bits per heavy atom. The van der Waals surface area contributed by atoms with E-state index in [4.69, 9.17) is 0 Å². The minimum atomic E-state index is -0.516. The van der Waals surface area contributed by atoms with Gasteiger partial charge in [0.05, 0.1) is 16.7 Å². The van der Waals surface area contributed by atoms with Crippen LogP contribution in [0.1, 0.15) is 37.3 Å². The fourth-order valence-corrected chi connectivity index (χ4v) is 3.83. The molecule has 5 nitrogen and oxygen atoms in total. The van der Waals surface area contributed by atoms with Gasteiger partial charge in [0.25, 0.3) is 0 Å². The quantitative estimate of drug-likeness (QED) is 0.305. The average molecular weight is 433 g/mol. The van der Waals surface area contributed by atoms with Crippen LogP contribution in [-0.2, 0) is 6.54 Å². The molecule has 0 saturated carbocycles. The minimum absolute atomic E-state index is 0.516. The van der Waals surface area contributed by atoms with Crippen molar-refractivity contribution in [2.45, 2.75) is 33.4 Å². The van der Waals surface area contributed by atoms with E-state index in [0.717, 1.165) is 34.1 Å². The Kier molecular flexibility index (Phi) is 8.15. The molecule has 1 unspecified atom stereocenters. The smallest absolute Gasteiger partial charge is 0.227 e. The monoisotopic (exact) mass is 432 g/mol. The van der Waals surface area contributed by atoms with Gasteiger partial charge < -0.3 is 15.7 Å². The van der Waals surface area contributed by atoms with Crippen molar-refractivity contribution in [2.24, 2.45) is 0 Å². The maximum absolute atomic E-state index is 9.76. The van der Waals surface area contributed by atoms with Gasteiger partial charge in [-0.15, -0.1) is 11.3 Å². The second-order valence-corrected chi connectivity index (χ2v) is 7.85. The van der Waals surface area contributed by atoms with E-state index >= 15 is 0 Å². The fraction of sp³-hybridized carbons (Fsp3) is 0.200. The highest BCUT2D eigenvalue weighted by molar-refractivity contribution is 7.15. The summed E-state index contributed by atoms with van der Waals surface area (Å²) < 4.78 is 0. The lowest BCUT2D eigenvalue weighted by molar-refractivity contribution is 0.199. The van der Waals surface area contributed by atoms with Crippen LogP contribution in [0.15, 0.2) is 79.0 Å². The first-order chi connectivity index (χ1) is 15.2. The number of para-hydroxylation sites is 1. The summed E-state index contributed by atoms with van der Waals surface area (Å²) in [5.74, 6) is 0.530. The molecule has 0 fully saturated rings. The minimum Gasteiger partial charge on any atom is -0.389 e. The molecule has 2 heterocycles. The predicted octanol–water partition coefficient (Wildman–Crippen LogP) is 6.64. The summed E-state index contributed by atoms with van der Waals surface area (Å²) >= 11 is 1.71. The van der Waals surface area contributed by atoms with Gasteiger partial charge >= 0.3 is 0 Å². The van der Waals surface area contributed by atoms with Crippen LogP contribution in [0.25, 0.3) is 10.6 Å². The molecular formula is C25H28N4OS. The number of anilines is 3. The summed E-state index contributed by atoms with van der Waals surface area (Å²) in [4.78, 5) is 11.3. The summed E-state index contributed by atoms with van der Waals surface area (Å²) in [6.45, 7) is 6.52. The normalized spacial score (nSPS) is 11.2. The Morgan fingerprint density at radius 2 is 1.71 bits per heavy atom. The van der Waals surface area contributed by atoms with Crippen LogP contribution in [0.5, 0.6) is 0 Å². The molecule has 0 radical (unpaired) electrons. The van der Waals surface area contributed by atoms with Crippen molar-refractivity contribution in [3.63, 3.8) is 0 Å². The molecule has 0 aliphatic carbocycles. The lowest BCUT2D eigenvalue weighted by atomic mass is 10.1. The van der Waals surface area contributed by atoms with Crippen molar-refractivity contribution in [3.8, 4) is 10.6 Å². The molecule has 1 atom stereocenters. The number of aliphatic hydroxyl groups excluding tert-OH is 1. The third kappa shape index (κ3) is 6.38. The Morgan fingerprint density at radius 1 is 0.935 bits per heavy atom. The van der Waals surface area contributed by atoms with Gasteiger partial charge in [-0.1, -0.05) is 44.2 Å². The molecular weight excluding hydrogens is 404 g/mol. The summed E-state index contributed by atoms with van der Waals surface area (Å²) in [5, 5.41) is 16.4. The number of hydrogen-bond donors (Lipinski definition) is 3. The lowest BCUT2D eigenvalue weighted by Crippen LogP contribution is -1.99. The van der Waals surface area contributed by atoms with E-state index in [1.165, 1.54) is 4.88 Å². The van der Waals surface area contributed by atoms with Crippen LogP contribution < -0.4 is 10.6 Å². The Bertz CT molecular complexity index is 1080. The highest BCUT2D eigenvalue weighted by Crippen LogP contribution is 2.28. The average Bonchev–Trinajstić information content (AvgIpc) is 3.29. The van der Waals surface area contributed by atoms with E-state index in [-0.39, 0.29) is 0 Å². The summed E-state index contributed by atoms with van der Waals surface area (Å²) in [6.07, 6.45) is 1.24. The van der Waals surface area contributed by atoms with Crippen LogP contribution in [-0.4, -0.2) is 15.1 Å². The number of nitrogens with one attached hydrogen (secondary N) is 2. The van der Waals surface area contributed by atoms with Gasteiger partial charge in [-0.25, -0.2) is 9.97 Å². The van der Waals surface area contributed by atoms with Gasteiger partial charge in [0.2, 0.25) is 5.95 Å². The van der Waals surface area contributed by atoms with E-state index in [9.17, 15) is 5.11 Å². The Labute approximate surface area is 187 Å². The predicted molar refractivity (Wildman–Crippen MR) is 131 cm³/mol. The highest BCUT2D eigenvalue weighted by Gasteiger charge is 2.08. The lowest BCUT2D eigenvalue weighted by Gasteiger charge is -2.09. The van der Waals surface area contributed by atoms with E-state index in [1.54, 1.807) is 24.5 Å². The van der Waals surface area contributed by atoms with Crippen molar-refractivity contribution in [1.29, 1.82) is 0 Å². The molecule has 0 bridgehead atoms. The van der Waals surface area contributed by atoms with Gasteiger partial charge in [0, 0.05) is 29.0 Å².